The van der Waals surface area contributed by atoms with Crippen LogP contribution in [-0.4, -0.2) is 33.6 Å². The number of aryl methyl sites for hydroxylation is 2. The highest BCUT2D eigenvalue weighted by Crippen LogP contribution is 2.30. The highest BCUT2D eigenvalue weighted by Gasteiger charge is 2.13. The number of hydrogen-bond acceptors (Lipinski definition) is 4. The lowest BCUT2D eigenvalue weighted by Gasteiger charge is -2.10. The van der Waals surface area contributed by atoms with E-state index in [-0.39, 0.29) is 0 Å². The van der Waals surface area contributed by atoms with Gasteiger partial charge in [-0.15, -0.1) is 5.10 Å². The maximum Gasteiger partial charge on any atom is 0.240 e. The fraction of sp³-hybridized carbons (Fsp3) is 0.238. The molecule has 0 saturated carbocycles. The molecule has 2 aromatic heterocycles. The van der Waals surface area contributed by atoms with Gasteiger partial charge in [0.05, 0.1) is 30.7 Å². The number of allylic oxidation sites excluding steroid dienone is 2. The van der Waals surface area contributed by atoms with E-state index < -0.39 is 0 Å². The van der Waals surface area contributed by atoms with Crippen LogP contribution in [0.3, 0.4) is 0 Å². The topological polar surface area (TPSA) is 75.8 Å². The Bertz CT molecular complexity index is 1010. The number of aromatic amines is 2. The fourth-order valence-corrected chi connectivity index (χ4v) is 3.17. The van der Waals surface area contributed by atoms with Crippen LogP contribution in [0.25, 0.3) is 22.8 Å². The summed E-state index contributed by atoms with van der Waals surface area (Å²) in [5, 5.41) is 14.4. The molecule has 0 fully saturated rings. The molecule has 6 nitrogen and oxygen atoms in total. The number of ether oxygens (including phenoxy) is 2. The summed E-state index contributed by atoms with van der Waals surface area (Å²) < 4.78 is 11.5. The molecule has 0 spiro atoms. The van der Waals surface area contributed by atoms with Crippen molar-refractivity contribution in [1.82, 2.24) is 20.4 Å². The minimum absolute atomic E-state index is 0.419. The summed E-state index contributed by atoms with van der Waals surface area (Å²) in [6.45, 7) is 9.63. The molecular formula is C21H22N4O2. The van der Waals surface area contributed by atoms with Crippen molar-refractivity contribution >= 4 is 11.6 Å². The van der Waals surface area contributed by atoms with Gasteiger partial charge < -0.3 is 9.47 Å². The summed E-state index contributed by atoms with van der Waals surface area (Å²) in [6, 6.07) is 6.36. The molecule has 4 rings (SSSR count). The molecule has 2 N–H and O–H groups in total. The average Bonchev–Trinajstić information content (AvgIpc) is 3.26. The van der Waals surface area contributed by atoms with Crippen LogP contribution in [0.2, 0.25) is 0 Å². The second-order valence-electron chi connectivity index (χ2n) is 6.62. The van der Waals surface area contributed by atoms with Crippen LogP contribution in [0.15, 0.2) is 37.1 Å². The normalized spacial score (nSPS) is 15.9. The minimum atomic E-state index is 0.419. The number of nitrogens with one attached hydrogen (secondary N) is 2. The molecule has 0 radical (unpaired) electrons. The summed E-state index contributed by atoms with van der Waals surface area (Å²) >= 11 is 0. The third kappa shape index (κ3) is 3.44. The van der Waals surface area contributed by atoms with E-state index in [1.165, 1.54) is 5.56 Å². The molecule has 1 aliphatic heterocycles. The molecular weight excluding hydrogens is 340 g/mol. The van der Waals surface area contributed by atoms with Crippen molar-refractivity contribution < 1.29 is 9.47 Å². The molecule has 3 heterocycles. The van der Waals surface area contributed by atoms with Crippen molar-refractivity contribution in [2.24, 2.45) is 0 Å². The first-order valence-electron chi connectivity index (χ1n) is 8.89. The van der Waals surface area contributed by atoms with E-state index in [0.29, 0.717) is 25.7 Å². The van der Waals surface area contributed by atoms with E-state index in [0.717, 1.165) is 39.2 Å². The zero-order valence-electron chi connectivity index (χ0n) is 15.5. The third-order valence-corrected chi connectivity index (χ3v) is 4.74. The Hall–Kier alpha value is -3.12. The van der Waals surface area contributed by atoms with Crippen molar-refractivity contribution in [3.05, 3.63) is 65.1 Å². The van der Waals surface area contributed by atoms with Gasteiger partial charge in [-0.05, 0) is 48.3 Å². The first kappa shape index (κ1) is 17.3. The maximum absolute atomic E-state index is 5.79. The molecule has 3 aromatic rings. The highest BCUT2D eigenvalue weighted by molar-refractivity contribution is 5.82. The summed E-state index contributed by atoms with van der Waals surface area (Å²) in [5.74, 6) is 0.572. The van der Waals surface area contributed by atoms with Gasteiger partial charge in [-0.3, -0.25) is 10.2 Å². The van der Waals surface area contributed by atoms with Crippen LogP contribution < -0.4 is 4.74 Å². The number of benzene rings is 1. The lowest BCUT2D eigenvalue weighted by Crippen LogP contribution is -2.08. The van der Waals surface area contributed by atoms with Crippen molar-refractivity contribution in [2.45, 2.75) is 20.5 Å². The maximum atomic E-state index is 5.79. The largest absolute Gasteiger partial charge is 0.474 e. The molecule has 1 aromatic carbocycles. The van der Waals surface area contributed by atoms with Gasteiger partial charge in [0.15, 0.2) is 0 Å². The second-order valence-corrected chi connectivity index (χ2v) is 6.62. The fourth-order valence-electron chi connectivity index (χ4n) is 3.17. The standard InChI is InChI=1S/C21H22N4O2/c1-13-4-6-16-10-18(13)14(2)5-7-17-15(3)23-25-21(17)27-9-8-26-12-20-19(16)11-22-24-20/h4-7,10-11H,2,8-9,12H2,1,3H3,(H,22,24)(H,23,25)/b7-5+. The lowest BCUT2D eigenvalue weighted by atomic mass is 9.95. The Morgan fingerprint density at radius 3 is 2.85 bits per heavy atom. The molecule has 2 bridgehead atoms. The van der Waals surface area contributed by atoms with E-state index in [1.807, 2.05) is 25.3 Å². The van der Waals surface area contributed by atoms with E-state index in [4.69, 9.17) is 9.47 Å². The van der Waals surface area contributed by atoms with Crippen molar-refractivity contribution in [1.29, 1.82) is 0 Å². The van der Waals surface area contributed by atoms with Gasteiger partial charge in [-0.2, -0.15) is 5.10 Å². The Morgan fingerprint density at radius 2 is 1.96 bits per heavy atom. The number of rotatable bonds is 0. The molecule has 0 atom stereocenters. The third-order valence-electron chi connectivity index (χ3n) is 4.74. The number of nitrogens with zero attached hydrogens (tertiary/aromatic N) is 2. The monoisotopic (exact) mass is 362 g/mol. The molecule has 138 valence electrons. The van der Waals surface area contributed by atoms with Crippen molar-refractivity contribution in [2.75, 3.05) is 13.2 Å². The van der Waals surface area contributed by atoms with E-state index in [9.17, 15) is 0 Å². The SMILES string of the molecule is C=C1/C=C/c2c(n[nH]c2C)OCCOCc2[nH]ncc2-c2ccc(C)c1c2. The summed E-state index contributed by atoms with van der Waals surface area (Å²) in [4.78, 5) is 0. The van der Waals surface area contributed by atoms with Crippen LogP contribution >= 0.6 is 0 Å². The summed E-state index contributed by atoms with van der Waals surface area (Å²) in [7, 11) is 0. The predicted molar refractivity (Wildman–Crippen MR) is 105 cm³/mol. The van der Waals surface area contributed by atoms with E-state index >= 15 is 0 Å². The molecule has 27 heavy (non-hydrogen) atoms. The molecule has 0 amide bonds. The van der Waals surface area contributed by atoms with E-state index in [2.05, 4.69) is 52.1 Å². The first-order valence-corrected chi connectivity index (χ1v) is 8.89. The second kappa shape index (κ2) is 7.25. The van der Waals surface area contributed by atoms with Gasteiger partial charge in [0.1, 0.15) is 6.61 Å². The van der Waals surface area contributed by atoms with Gasteiger partial charge in [0, 0.05) is 11.3 Å². The van der Waals surface area contributed by atoms with Gasteiger partial charge >= 0.3 is 0 Å². The van der Waals surface area contributed by atoms with Gasteiger partial charge in [-0.1, -0.05) is 24.8 Å². The van der Waals surface area contributed by atoms with Gasteiger partial charge in [-0.25, -0.2) is 0 Å². The lowest BCUT2D eigenvalue weighted by molar-refractivity contribution is 0.0857. The van der Waals surface area contributed by atoms with Crippen molar-refractivity contribution in [3.63, 3.8) is 0 Å². The molecule has 0 aliphatic carbocycles. The Morgan fingerprint density at radius 1 is 1.07 bits per heavy atom. The minimum Gasteiger partial charge on any atom is -0.474 e. The number of fused-ring (bicyclic) bond motifs is 5. The number of aromatic nitrogens is 4. The first-order chi connectivity index (χ1) is 13.1. The quantitative estimate of drug-likeness (QED) is 0.632. The summed E-state index contributed by atoms with van der Waals surface area (Å²) in [6.07, 6.45) is 5.83. The van der Waals surface area contributed by atoms with Gasteiger partial charge in [0.25, 0.3) is 0 Å². The molecule has 0 unspecified atom stereocenters. The highest BCUT2D eigenvalue weighted by atomic mass is 16.5. The van der Waals surface area contributed by atoms with Crippen LogP contribution in [0.4, 0.5) is 0 Å². The van der Waals surface area contributed by atoms with Crippen molar-refractivity contribution in [3.8, 4) is 17.0 Å². The van der Waals surface area contributed by atoms with Gasteiger partial charge in [0.2, 0.25) is 5.88 Å². The predicted octanol–water partition coefficient (Wildman–Crippen LogP) is 4.05. The average molecular weight is 362 g/mol. The van der Waals surface area contributed by atoms with Crippen LogP contribution in [-0.2, 0) is 11.3 Å². The van der Waals surface area contributed by atoms with Crippen LogP contribution in [0, 0.1) is 13.8 Å². The Balaban J connectivity index is 1.78. The molecule has 6 heteroatoms. The van der Waals surface area contributed by atoms with E-state index in [1.54, 1.807) is 0 Å². The Labute approximate surface area is 157 Å². The number of H-pyrrole nitrogens is 2. The smallest absolute Gasteiger partial charge is 0.240 e. The number of hydrogen-bond donors (Lipinski definition) is 2. The van der Waals surface area contributed by atoms with Crippen LogP contribution in [0.1, 0.15) is 28.1 Å². The molecule has 0 saturated heterocycles. The Kier molecular flexibility index (Phi) is 4.64. The van der Waals surface area contributed by atoms with Crippen LogP contribution in [0.5, 0.6) is 5.88 Å². The zero-order chi connectivity index (χ0) is 18.8. The zero-order valence-corrected chi connectivity index (χ0v) is 15.5. The summed E-state index contributed by atoms with van der Waals surface area (Å²) in [5.41, 5.74) is 8.13. The molecule has 1 aliphatic rings.